The lowest BCUT2D eigenvalue weighted by Crippen LogP contribution is -2.34. The molecule has 0 aliphatic carbocycles. The molecule has 0 bridgehead atoms. The molecule has 0 spiro atoms. The van der Waals surface area contributed by atoms with Crippen molar-refractivity contribution in [1.29, 1.82) is 0 Å². The molecule has 0 N–H and O–H groups in total. The van der Waals surface area contributed by atoms with Gasteiger partial charge in [0.2, 0.25) is 0 Å². The van der Waals surface area contributed by atoms with Crippen molar-refractivity contribution in [2.45, 2.75) is 33.6 Å². The lowest BCUT2D eigenvalue weighted by molar-refractivity contribution is -0.870. The van der Waals surface area contributed by atoms with E-state index in [9.17, 15) is 0 Å². The molecule has 1 nitrogen and oxygen atoms in total. The zero-order valence-corrected chi connectivity index (χ0v) is 8.57. The van der Waals surface area contributed by atoms with Gasteiger partial charge in [0.1, 0.15) is 0 Å². The molecular formula is C9H24N+. The summed E-state index contributed by atoms with van der Waals surface area (Å²) in [6, 6.07) is 0. The molecule has 0 unspecified atom stereocenters. The van der Waals surface area contributed by atoms with Crippen LogP contribution in [0.4, 0.5) is 0 Å². The Morgan fingerprint density at radius 3 is 1.20 bits per heavy atom. The summed E-state index contributed by atoms with van der Waals surface area (Å²) < 4.78 is 1.09. The number of quaternary nitrogens is 1. The molecule has 0 atom stereocenters. The average Bonchev–Trinajstić information content (AvgIpc) is 1.63. The SMILES string of the molecule is CCC.CCC[N+](C)(C)C. The van der Waals surface area contributed by atoms with Crippen LogP contribution in [-0.4, -0.2) is 32.2 Å². The van der Waals surface area contributed by atoms with Crippen LogP contribution in [0, 0.1) is 0 Å². The second-order valence-corrected chi connectivity index (χ2v) is 3.72. The van der Waals surface area contributed by atoms with Crippen LogP contribution in [0.2, 0.25) is 0 Å². The summed E-state index contributed by atoms with van der Waals surface area (Å²) in [5.74, 6) is 0. The van der Waals surface area contributed by atoms with E-state index in [0.29, 0.717) is 0 Å². The number of rotatable bonds is 2. The van der Waals surface area contributed by atoms with E-state index in [1.54, 1.807) is 0 Å². The van der Waals surface area contributed by atoms with Gasteiger partial charge in [-0.1, -0.05) is 27.2 Å². The Hall–Kier alpha value is -0.0400. The summed E-state index contributed by atoms with van der Waals surface area (Å²) in [5, 5.41) is 0. The van der Waals surface area contributed by atoms with Gasteiger partial charge in [0.05, 0.1) is 27.7 Å². The first-order valence-corrected chi connectivity index (χ1v) is 4.28. The fourth-order valence-electron chi connectivity index (χ4n) is 0.671. The molecule has 0 radical (unpaired) electrons. The van der Waals surface area contributed by atoms with Gasteiger partial charge in [-0.15, -0.1) is 0 Å². The predicted octanol–water partition coefficient (Wildman–Crippen LogP) is 2.52. The molecule has 0 heterocycles. The summed E-state index contributed by atoms with van der Waals surface area (Å²) in [5.41, 5.74) is 0. The summed E-state index contributed by atoms with van der Waals surface area (Å²) >= 11 is 0. The van der Waals surface area contributed by atoms with E-state index in [1.807, 2.05) is 0 Å². The molecule has 0 saturated carbocycles. The van der Waals surface area contributed by atoms with Crippen molar-refractivity contribution in [2.24, 2.45) is 0 Å². The lowest BCUT2D eigenvalue weighted by atomic mass is 10.4. The van der Waals surface area contributed by atoms with Crippen molar-refractivity contribution >= 4 is 0 Å². The summed E-state index contributed by atoms with van der Waals surface area (Å²) in [7, 11) is 6.64. The highest BCUT2D eigenvalue weighted by molar-refractivity contribution is 4.20. The standard InChI is InChI=1S/C6H16N.C3H8/c1-5-6-7(2,3)4;1-3-2/h5-6H2,1-4H3;3H2,1-2H3/q+1;. The van der Waals surface area contributed by atoms with Crippen LogP contribution >= 0.6 is 0 Å². The Balaban J connectivity index is 0. The maximum atomic E-state index is 2.21. The fourth-order valence-corrected chi connectivity index (χ4v) is 0.671. The molecule has 0 aliphatic rings. The Kier molecular flexibility index (Phi) is 8.92. The Morgan fingerprint density at radius 2 is 1.20 bits per heavy atom. The fraction of sp³-hybridized carbons (Fsp3) is 1.00. The van der Waals surface area contributed by atoms with Gasteiger partial charge in [-0.3, -0.25) is 0 Å². The lowest BCUT2D eigenvalue weighted by Gasteiger charge is -2.22. The molecule has 0 fully saturated rings. The van der Waals surface area contributed by atoms with Gasteiger partial charge in [-0.05, 0) is 6.42 Å². The van der Waals surface area contributed by atoms with Gasteiger partial charge in [0.15, 0.2) is 0 Å². The molecule has 1 heteroatoms. The van der Waals surface area contributed by atoms with E-state index in [1.165, 1.54) is 19.4 Å². The topological polar surface area (TPSA) is 0 Å². The molecule has 0 aromatic heterocycles. The van der Waals surface area contributed by atoms with E-state index in [-0.39, 0.29) is 0 Å². The number of hydrogen-bond donors (Lipinski definition) is 0. The normalized spacial score (nSPS) is 10.2. The first-order chi connectivity index (χ1) is 4.47. The third-order valence-corrected chi connectivity index (χ3v) is 0.894. The first-order valence-electron chi connectivity index (χ1n) is 4.28. The van der Waals surface area contributed by atoms with E-state index in [0.717, 1.165) is 4.48 Å². The molecule has 0 saturated heterocycles. The van der Waals surface area contributed by atoms with Gasteiger partial charge in [0.25, 0.3) is 0 Å². The van der Waals surface area contributed by atoms with Crippen molar-refractivity contribution in [3.63, 3.8) is 0 Å². The van der Waals surface area contributed by atoms with Crippen molar-refractivity contribution in [3.05, 3.63) is 0 Å². The second-order valence-electron chi connectivity index (χ2n) is 3.72. The Labute approximate surface area is 66.6 Å². The van der Waals surface area contributed by atoms with E-state index in [2.05, 4.69) is 41.9 Å². The minimum atomic E-state index is 1.09. The predicted molar refractivity (Wildman–Crippen MR) is 49.2 cm³/mol. The summed E-state index contributed by atoms with van der Waals surface area (Å²) in [6.45, 7) is 7.74. The van der Waals surface area contributed by atoms with Crippen molar-refractivity contribution < 1.29 is 4.48 Å². The van der Waals surface area contributed by atoms with E-state index >= 15 is 0 Å². The molecule has 0 aliphatic heterocycles. The van der Waals surface area contributed by atoms with Crippen LogP contribution in [0.3, 0.4) is 0 Å². The highest BCUT2D eigenvalue weighted by Crippen LogP contribution is 1.90. The molecule has 0 amide bonds. The zero-order valence-electron chi connectivity index (χ0n) is 8.57. The van der Waals surface area contributed by atoms with Gasteiger partial charge >= 0.3 is 0 Å². The summed E-state index contributed by atoms with van der Waals surface area (Å²) in [4.78, 5) is 0. The van der Waals surface area contributed by atoms with E-state index < -0.39 is 0 Å². The molecule has 64 valence electrons. The van der Waals surface area contributed by atoms with E-state index in [4.69, 9.17) is 0 Å². The van der Waals surface area contributed by atoms with Crippen LogP contribution in [0.5, 0.6) is 0 Å². The summed E-state index contributed by atoms with van der Waals surface area (Å²) in [6.07, 6.45) is 2.53. The van der Waals surface area contributed by atoms with Crippen LogP contribution in [0.1, 0.15) is 33.6 Å². The number of nitrogens with zero attached hydrogens (tertiary/aromatic N) is 1. The molecule has 10 heavy (non-hydrogen) atoms. The molecule has 0 aromatic rings. The molecular weight excluding hydrogens is 122 g/mol. The highest BCUT2D eigenvalue weighted by Gasteiger charge is 2.01. The van der Waals surface area contributed by atoms with Crippen molar-refractivity contribution in [3.8, 4) is 0 Å². The Morgan fingerprint density at radius 1 is 0.900 bits per heavy atom. The molecule has 0 aromatic carbocycles. The number of hydrogen-bond acceptors (Lipinski definition) is 0. The van der Waals surface area contributed by atoms with Gasteiger partial charge < -0.3 is 4.48 Å². The maximum Gasteiger partial charge on any atom is 0.0777 e. The minimum Gasteiger partial charge on any atom is -0.331 e. The first kappa shape index (κ1) is 12.6. The zero-order chi connectivity index (χ0) is 8.62. The highest BCUT2D eigenvalue weighted by atomic mass is 15.3. The monoisotopic (exact) mass is 146 g/mol. The van der Waals surface area contributed by atoms with Crippen LogP contribution in [0.25, 0.3) is 0 Å². The average molecular weight is 146 g/mol. The Bertz CT molecular complexity index is 52.2. The van der Waals surface area contributed by atoms with Gasteiger partial charge in [0, 0.05) is 0 Å². The van der Waals surface area contributed by atoms with Crippen molar-refractivity contribution in [2.75, 3.05) is 27.7 Å². The quantitative estimate of drug-likeness (QED) is 0.525. The van der Waals surface area contributed by atoms with Gasteiger partial charge in [-0.25, -0.2) is 0 Å². The van der Waals surface area contributed by atoms with Crippen LogP contribution in [-0.2, 0) is 0 Å². The van der Waals surface area contributed by atoms with Gasteiger partial charge in [-0.2, -0.15) is 0 Å². The van der Waals surface area contributed by atoms with Crippen molar-refractivity contribution in [1.82, 2.24) is 0 Å². The van der Waals surface area contributed by atoms with Crippen LogP contribution < -0.4 is 0 Å². The third kappa shape index (κ3) is 24.6. The van der Waals surface area contributed by atoms with Crippen LogP contribution in [0.15, 0.2) is 0 Å². The maximum absolute atomic E-state index is 2.21. The smallest absolute Gasteiger partial charge is 0.0777 e. The largest absolute Gasteiger partial charge is 0.331 e. The molecule has 0 rings (SSSR count). The third-order valence-electron chi connectivity index (χ3n) is 0.894. The second kappa shape index (κ2) is 7.07. The minimum absolute atomic E-state index is 1.09.